The Morgan fingerprint density at radius 1 is 0.171 bits per heavy atom. The van der Waals surface area contributed by atoms with E-state index in [9.17, 15) is 0 Å². The Balaban J connectivity index is 0.883. The average Bonchev–Trinajstić information content (AvgIpc) is 4.24. The molecule has 0 saturated heterocycles. The second-order valence-electron chi connectivity index (χ2n) is 20.1. The van der Waals surface area contributed by atoms with Crippen molar-refractivity contribution in [2.75, 3.05) is 0 Å². The molecular weight excluding hydrogens is 921 g/mol. The number of benzene rings is 14. The molecule has 0 spiro atoms. The van der Waals surface area contributed by atoms with Crippen LogP contribution in [0.1, 0.15) is 0 Å². The molecule has 0 aliphatic rings. The molecule has 352 valence electrons. The van der Waals surface area contributed by atoms with Crippen LogP contribution in [0.5, 0.6) is 0 Å². The Kier molecular flexibility index (Phi) is 9.37. The monoisotopic (exact) mass is 964 g/mol. The first kappa shape index (κ1) is 42.5. The summed E-state index contributed by atoms with van der Waals surface area (Å²) in [7, 11) is 0. The van der Waals surface area contributed by atoms with Crippen molar-refractivity contribution in [3.8, 4) is 66.8 Å². The third-order valence-corrected chi connectivity index (χ3v) is 16.1. The number of rotatable bonds is 6. The average molecular weight is 965 g/mol. The minimum absolute atomic E-state index is 0.865. The van der Waals surface area contributed by atoms with E-state index in [1.54, 1.807) is 0 Å². The van der Waals surface area contributed by atoms with Gasteiger partial charge in [0.05, 0.1) is 0 Å². The molecule has 0 aliphatic heterocycles. The summed E-state index contributed by atoms with van der Waals surface area (Å²) in [5.74, 6) is 0. The van der Waals surface area contributed by atoms with Gasteiger partial charge in [-0.15, -0.1) is 0 Å². The zero-order valence-corrected chi connectivity index (χ0v) is 41.2. The lowest BCUT2D eigenvalue weighted by molar-refractivity contribution is 0.670. The van der Waals surface area contributed by atoms with Crippen molar-refractivity contribution in [3.05, 3.63) is 267 Å². The summed E-state index contributed by atoms with van der Waals surface area (Å²) in [6.07, 6.45) is 0. The predicted octanol–water partition coefficient (Wildman–Crippen LogP) is 21.3. The minimum Gasteiger partial charge on any atom is -0.455 e. The van der Waals surface area contributed by atoms with Crippen molar-refractivity contribution in [1.82, 2.24) is 0 Å². The van der Waals surface area contributed by atoms with Crippen molar-refractivity contribution in [2.45, 2.75) is 0 Å². The Bertz CT molecular complexity index is 4920. The maximum absolute atomic E-state index is 7.15. The first-order valence-corrected chi connectivity index (χ1v) is 26.2. The van der Waals surface area contributed by atoms with Gasteiger partial charge in [-0.1, -0.05) is 255 Å². The van der Waals surface area contributed by atoms with Crippen LogP contribution in [0, 0.1) is 0 Å². The summed E-state index contributed by atoms with van der Waals surface area (Å²) >= 11 is 0. The first-order chi connectivity index (χ1) is 37.7. The highest BCUT2D eigenvalue weighted by Gasteiger charge is 2.24. The van der Waals surface area contributed by atoms with Crippen LogP contribution in [-0.4, -0.2) is 0 Å². The van der Waals surface area contributed by atoms with Crippen molar-refractivity contribution < 1.29 is 8.83 Å². The van der Waals surface area contributed by atoms with Gasteiger partial charge in [0.15, 0.2) is 0 Å². The van der Waals surface area contributed by atoms with E-state index in [4.69, 9.17) is 8.83 Å². The molecule has 0 amide bonds. The van der Waals surface area contributed by atoms with E-state index in [-0.39, 0.29) is 0 Å². The number of fused-ring (bicyclic) bond motifs is 11. The number of furan rings is 2. The van der Waals surface area contributed by atoms with Crippen LogP contribution < -0.4 is 0 Å². The van der Waals surface area contributed by atoms with Gasteiger partial charge in [0.25, 0.3) is 0 Å². The zero-order valence-electron chi connectivity index (χ0n) is 41.2. The normalized spacial score (nSPS) is 11.9. The van der Waals surface area contributed by atoms with Crippen LogP contribution in [0.4, 0.5) is 0 Å². The highest BCUT2D eigenvalue weighted by atomic mass is 16.3. The zero-order chi connectivity index (χ0) is 49.8. The number of hydrogen-bond acceptors (Lipinski definition) is 2. The fourth-order valence-corrected chi connectivity index (χ4v) is 12.9. The predicted molar refractivity (Wildman–Crippen MR) is 321 cm³/mol. The van der Waals surface area contributed by atoms with Crippen molar-refractivity contribution >= 4 is 97.7 Å². The van der Waals surface area contributed by atoms with Crippen LogP contribution in [0.3, 0.4) is 0 Å². The third-order valence-electron chi connectivity index (χ3n) is 16.1. The Morgan fingerprint density at radius 3 is 1.09 bits per heavy atom. The molecule has 0 fully saturated rings. The van der Waals surface area contributed by atoms with Gasteiger partial charge in [-0.2, -0.15) is 0 Å². The van der Waals surface area contributed by atoms with E-state index in [1.807, 2.05) is 6.07 Å². The molecule has 0 N–H and O–H groups in total. The second kappa shape index (κ2) is 16.8. The summed E-state index contributed by atoms with van der Waals surface area (Å²) in [5, 5.41) is 16.4. The molecular formula is C74H44O2. The minimum atomic E-state index is 0.865. The Hall–Kier alpha value is -10.0. The number of hydrogen-bond donors (Lipinski definition) is 0. The van der Waals surface area contributed by atoms with Gasteiger partial charge in [0.1, 0.15) is 22.3 Å². The quantitative estimate of drug-likeness (QED) is 0.155. The summed E-state index contributed by atoms with van der Waals surface area (Å²) in [5.41, 5.74) is 17.7. The van der Waals surface area contributed by atoms with Crippen LogP contribution in [-0.2, 0) is 0 Å². The van der Waals surface area contributed by atoms with E-state index in [0.29, 0.717) is 0 Å². The lowest BCUT2D eigenvalue weighted by atomic mass is 9.83. The highest BCUT2D eigenvalue weighted by Crippen LogP contribution is 2.51. The van der Waals surface area contributed by atoms with Gasteiger partial charge in [-0.3, -0.25) is 0 Å². The fourth-order valence-electron chi connectivity index (χ4n) is 12.9. The van der Waals surface area contributed by atoms with E-state index in [0.717, 1.165) is 60.6 Å². The smallest absolute Gasteiger partial charge is 0.143 e. The van der Waals surface area contributed by atoms with Crippen LogP contribution in [0.25, 0.3) is 165 Å². The van der Waals surface area contributed by atoms with E-state index in [1.165, 1.54) is 104 Å². The molecule has 0 aliphatic carbocycles. The highest BCUT2D eigenvalue weighted by molar-refractivity contribution is 6.28. The molecule has 16 aromatic rings. The summed E-state index contributed by atoms with van der Waals surface area (Å²) in [6.45, 7) is 0. The van der Waals surface area contributed by atoms with Crippen molar-refractivity contribution in [1.29, 1.82) is 0 Å². The van der Waals surface area contributed by atoms with Gasteiger partial charge >= 0.3 is 0 Å². The van der Waals surface area contributed by atoms with Gasteiger partial charge in [0, 0.05) is 43.8 Å². The second-order valence-corrected chi connectivity index (χ2v) is 20.1. The van der Waals surface area contributed by atoms with E-state index < -0.39 is 0 Å². The van der Waals surface area contributed by atoms with Crippen LogP contribution in [0.15, 0.2) is 276 Å². The van der Waals surface area contributed by atoms with Gasteiger partial charge in [-0.05, 0) is 111 Å². The van der Waals surface area contributed by atoms with Gasteiger partial charge in [-0.25, -0.2) is 0 Å². The van der Waals surface area contributed by atoms with Crippen LogP contribution >= 0.6 is 0 Å². The molecule has 2 aromatic heterocycles. The molecule has 2 nitrogen and oxygen atoms in total. The van der Waals surface area contributed by atoms with Crippen molar-refractivity contribution in [3.63, 3.8) is 0 Å². The molecule has 0 radical (unpaired) electrons. The molecule has 0 unspecified atom stereocenters. The molecule has 14 aromatic carbocycles. The molecule has 2 heterocycles. The molecule has 0 saturated carbocycles. The third kappa shape index (κ3) is 6.28. The number of para-hydroxylation sites is 3. The standard InChI is InChI=1S/C74H44O2/c1-2-19-45(20-3-1)46-41-43-47(44-42-46)68-54-22-4-6-24-56(54)70(57-25-7-5-23-55(57)68)64-37-17-38-65-72-53(34-18-40-67(72)76-74(64)65)50-32-14-31-49-48(50)30-15-33-52(49)69-58-26-8-10-28-60(58)71(61-29-11-9-27-59(61)69)63-36-16-35-62-51-21-12-13-39-66(51)75-73(62)63/h1-44H. The molecule has 2 heteroatoms. The molecule has 0 bridgehead atoms. The summed E-state index contributed by atoms with van der Waals surface area (Å²) < 4.78 is 13.9. The Morgan fingerprint density at radius 2 is 0.513 bits per heavy atom. The van der Waals surface area contributed by atoms with E-state index in [2.05, 4.69) is 261 Å². The lowest BCUT2D eigenvalue weighted by Gasteiger charge is -2.19. The molecule has 16 rings (SSSR count). The molecule has 76 heavy (non-hydrogen) atoms. The fraction of sp³-hybridized carbons (Fsp3) is 0. The lowest BCUT2D eigenvalue weighted by Crippen LogP contribution is -1.92. The maximum atomic E-state index is 7.15. The van der Waals surface area contributed by atoms with E-state index >= 15 is 0 Å². The van der Waals surface area contributed by atoms with Crippen LogP contribution in [0.2, 0.25) is 0 Å². The van der Waals surface area contributed by atoms with Crippen molar-refractivity contribution in [2.24, 2.45) is 0 Å². The topological polar surface area (TPSA) is 26.3 Å². The summed E-state index contributed by atoms with van der Waals surface area (Å²) in [6, 6.07) is 97.0. The largest absolute Gasteiger partial charge is 0.455 e. The summed E-state index contributed by atoms with van der Waals surface area (Å²) in [4.78, 5) is 0. The maximum Gasteiger partial charge on any atom is 0.143 e. The van der Waals surface area contributed by atoms with Gasteiger partial charge in [0.2, 0.25) is 0 Å². The SMILES string of the molecule is c1ccc(-c2ccc(-c3c4ccccc4c(-c4cccc5c4oc4cccc(-c6cccc7c(-c8c9ccccc9c(-c9cccc%10c9oc9ccccc9%10)c9ccccc89)cccc67)c45)c4ccccc34)cc2)cc1. The first-order valence-electron chi connectivity index (χ1n) is 26.2. The Labute approximate surface area is 437 Å². The molecule has 0 atom stereocenters. The van der Waals surface area contributed by atoms with Gasteiger partial charge < -0.3 is 8.83 Å².